The number of rotatable bonds is 23. The Morgan fingerprint density at radius 1 is 0.395 bits per heavy atom. The van der Waals surface area contributed by atoms with Crippen LogP contribution in [0, 0.1) is 5.92 Å². The van der Waals surface area contributed by atoms with Crippen LogP contribution in [-0.2, 0) is 90.3 Å². The molecule has 27 heteroatoms. The predicted octanol–water partition coefficient (Wildman–Crippen LogP) is -0.566. The van der Waals surface area contributed by atoms with Gasteiger partial charge in [-0.3, -0.25) is 4.79 Å². The summed E-state index contributed by atoms with van der Waals surface area (Å²) >= 11 is 0. The standard InChI is InChI=1S/C54H80O27/c1-13-24(8)46(64)69-21-31-34(58)36(60)44(79-51-38(62)42(77-49(67)27(11)16-4)40(29(19-55)71-51)75-33(57)18-23(6)7)53(73-31)81-54-45(37(61)35(59)32(74-54)22-70-47(65)25(9)14-2)80-52-39(63)43(78-50(68)28(12)17-5)41(30(20-56)72-52)76-48(66)26(10)15-3/h13-17,23,29-32,34-45,51-56,58-63H,18-22H2,1-12H3/b24-13+,25-14+,26-15+,27-16+,28-17+/t29-,30-,31-,32-,34-,35-,36+,37+,38-,39-,40-,41-,42-,43-,44-,45-,51+,52+,53?,54-/m1/s1. The lowest BCUT2D eigenvalue weighted by Crippen LogP contribution is -2.68. The molecule has 0 spiro atoms. The Bertz CT molecular complexity index is 2310. The molecule has 0 aromatic heterocycles. The molecule has 4 aliphatic heterocycles. The second-order valence-electron chi connectivity index (χ2n) is 20.0. The number of esters is 6. The van der Waals surface area contributed by atoms with Gasteiger partial charge < -0.3 is 102 Å². The first kappa shape index (κ1) is 68.4. The largest absolute Gasteiger partial charge is 0.459 e. The fourth-order valence-electron chi connectivity index (χ4n) is 8.21. The summed E-state index contributed by atoms with van der Waals surface area (Å²) in [4.78, 5) is 78.4. The lowest BCUT2D eigenvalue weighted by molar-refractivity contribution is -0.414. The van der Waals surface area contributed by atoms with Gasteiger partial charge in [0.1, 0.15) is 86.5 Å². The molecule has 4 aliphatic rings. The van der Waals surface area contributed by atoms with Crippen LogP contribution in [0.3, 0.4) is 0 Å². The van der Waals surface area contributed by atoms with Crippen LogP contribution in [0.25, 0.3) is 0 Å². The van der Waals surface area contributed by atoms with E-state index in [4.69, 9.17) is 61.6 Å². The molecule has 0 aliphatic carbocycles. The zero-order chi connectivity index (χ0) is 60.7. The molecule has 4 rings (SSSR count). The van der Waals surface area contributed by atoms with Crippen LogP contribution < -0.4 is 0 Å². The highest BCUT2D eigenvalue weighted by Crippen LogP contribution is 2.37. The fourth-order valence-corrected chi connectivity index (χ4v) is 8.21. The molecular weight excluding hydrogens is 1080 g/mol. The third kappa shape index (κ3) is 17.5. The molecular formula is C54H80O27. The van der Waals surface area contributed by atoms with Crippen molar-refractivity contribution < 1.29 is 131 Å². The molecule has 0 aromatic carbocycles. The van der Waals surface area contributed by atoms with E-state index in [1.54, 1.807) is 27.7 Å². The molecule has 4 saturated heterocycles. The van der Waals surface area contributed by atoms with E-state index in [1.165, 1.54) is 85.8 Å². The minimum absolute atomic E-state index is 0.0373. The van der Waals surface area contributed by atoms with Gasteiger partial charge in [0.25, 0.3) is 0 Å². The maximum absolute atomic E-state index is 13.3. The maximum atomic E-state index is 13.3. The molecule has 27 nitrogen and oxygen atoms in total. The molecule has 0 bridgehead atoms. The van der Waals surface area contributed by atoms with Gasteiger partial charge in [-0.15, -0.1) is 0 Å². The Morgan fingerprint density at radius 3 is 1.02 bits per heavy atom. The van der Waals surface area contributed by atoms with E-state index in [1.807, 2.05) is 0 Å². The van der Waals surface area contributed by atoms with Crippen LogP contribution in [0.1, 0.15) is 89.5 Å². The average Bonchev–Trinajstić information content (AvgIpc) is 3.45. The smallest absolute Gasteiger partial charge is 0.333 e. The van der Waals surface area contributed by atoms with Gasteiger partial charge in [-0.2, -0.15) is 0 Å². The molecule has 0 saturated carbocycles. The Kier molecular flexibility index (Phi) is 26.6. The van der Waals surface area contributed by atoms with E-state index in [0.29, 0.717) is 0 Å². The SMILES string of the molecule is C/C=C(\C)C(=O)OC[C@H]1O[C@H](OC2O[C@H](COC(=O)/C(C)=C/C)[C@@H](O)[C@H](O)[C@H]2O[C@@H]2O[C@H](CO)[C@@H](OC(=O)CC(C)C)[C@H](OC(=O)/C(C)=C/C)[C@H]2O)[C@H](O[C@@H]2O[C@H](CO)[C@@H](OC(=O)/C(C)=C/C)[C@H](OC(=O)/C(C)=C/C)[C@H]2O)[C@@H](O)[C@@H]1O. The molecule has 4 fully saturated rings. The molecule has 81 heavy (non-hydrogen) atoms. The van der Waals surface area contributed by atoms with Crippen molar-refractivity contribution in [2.45, 2.75) is 212 Å². The lowest BCUT2D eigenvalue weighted by atomic mass is 9.96. The van der Waals surface area contributed by atoms with Gasteiger partial charge >= 0.3 is 35.8 Å². The number of allylic oxidation sites excluding steroid dienone is 5. The van der Waals surface area contributed by atoms with E-state index in [-0.39, 0.29) is 40.2 Å². The lowest BCUT2D eigenvalue weighted by Gasteiger charge is -2.49. The van der Waals surface area contributed by atoms with Crippen molar-refractivity contribution in [3.8, 4) is 0 Å². The van der Waals surface area contributed by atoms with E-state index >= 15 is 0 Å². The highest BCUT2D eigenvalue weighted by Gasteiger charge is 2.58. The van der Waals surface area contributed by atoms with Crippen LogP contribution in [0.5, 0.6) is 0 Å². The van der Waals surface area contributed by atoms with Gasteiger partial charge in [0.05, 0.1) is 13.2 Å². The van der Waals surface area contributed by atoms with E-state index in [9.17, 15) is 69.6 Å². The second kappa shape index (κ2) is 31.5. The van der Waals surface area contributed by atoms with Gasteiger partial charge in [-0.1, -0.05) is 44.2 Å². The fraction of sp³-hybridized carbons (Fsp3) is 0.704. The summed E-state index contributed by atoms with van der Waals surface area (Å²) in [5.41, 5.74) is 0.426. The maximum Gasteiger partial charge on any atom is 0.333 e. The number of aliphatic hydroxyl groups excluding tert-OH is 8. The van der Waals surface area contributed by atoms with Crippen molar-refractivity contribution in [2.24, 2.45) is 5.92 Å². The normalized spacial score (nSPS) is 35.4. The quantitative estimate of drug-likeness (QED) is 0.0361. The highest BCUT2D eigenvalue weighted by atomic mass is 16.8. The molecule has 0 radical (unpaired) electrons. The number of ether oxygens (including phenoxy) is 13. The summed E-state index contributed by atoms with van der Waals surface area (Å²) in [6, 6.07) is 0. The second-order valence-corrected chi connectivity index (χ2v) is 20.0. The van der Waals surface area contributed by atoms with E-state index in [2.05, 4.69) is 0 Å². The van der Waals surface area contributed by atoms with Crippen molar-refractivity contribution in [3.63, 3.8) is 0 Å². The number of carbonyl (C=O) groups is 6. The van der Waals surface area contributed by atoms with Crippen molar-refractivity contribution >= 4 is 35.8 Å². The number of hydrogen-bond donors (Lipinski definition) is 8. The summed E-state index contributed by atoms with van der Waals surface area (Å²) in [5.74, 6) is -5.75. The first-order valence-corrected chi connectivity index (χ1v) is 26.4. The van der Waals surface area contributed by atoms with Gasteiger partial charge in [0, 0.05) is 34.3 Å². The Balaban J connectivity index is 1.87. The topological polar surface area (TPSA) is 384 Å². The highest BCUT2D eigenvalue weighted by molar-refractivity contribution is 5.89. The Labute approximate surface area is 468 Å². The summed E-state index contributed by atoms with van der Waals surface area (Å²) < 4.78 is 75.9. The first-order valence-electron chi connectivity index (χ1n) is 26.4. The van der Waals surface area contributed by atoms with Crippen LogP contribution in [0.4, 0.5) is 0 Å². The van der Waals surface area contributed by atoms with Gasteiger partial charge in [-0.25, -0.2) is 24.0 Å². The molecule has 0 amide bonds. The van der Waals surface area contributed by atoms with Crippen molar-refractivity contribution in [2.75, 3.05) is 26.4 Å². The molecule has 1 unspecified atom stereocenters. The van der Waals surface area contributed by atoms with Gasteiger partial charge in [0.2, 0.25) is 0 Å². The molecule has 8 N–H and O–H groups in total. The van der Waals surface area contributed by atoms with Gasteiger partial charge in [-0.05, 0) is 75.2 Å². The molecule has 458 valence electrons. The third-order valence-electron chi connectivity index (χ3n) is 13.8. The van der Waals surface area contributed by atoms with Crippen LogP contribution >= 0.6 is 0 Å². The van der Waals surface area contributed by atoms with Crippen LogP contribution in [-0.4, -0.2) is 226 Å². The van der Waals surface area contributed by atoms with Crippen molar-refractivity contribution in [3.05, 3.63) is 58.2 Å². The Morgan fingerprint density at radius 2 is 0.704 bits per heavy atom. The average molecular weight is 1160 g/mol. The zero-order valence-corrected chi connectivity index (χ0v) is 47.4. The van der Waals surface area contributed by atoms with Crippen molar-refractivity contribution in [1.82, 2.24) is 0 Å². The summed E-state index contributed by atoms with van der Waals surface area (Å²) in [5, 5.41) is 92.4. The van der Waals surface area contributed by atoms with E-state index < -0.39 is 185 Å². The van der Waals surface area contributed by atoms with Crippen LogP contribution in [0.15, 0.2) is 58.2 Å². The molecule has 0 aromatic rings. The third-order valence-corrected chi connectivity index (χ3v) is 13.8. The number of carbonyl (C=O) groups excluding carboxylic acids is 6. The summed E-state index contributed by atoms with van der Waals surface area (Å²) in [7, 11) is 0. The minimum atomic E-state index is -2.22. The monoisotopic (exact) mass is 1160 g/mol. The van der Waals surface area contributed by atoms with Crippen molar-refractivity contribution in [1.29, 1.82) is 0 Å². The van der Waals surface area contributed by atoms with E-state index in [0.717, 1.165) is 0 Å². The number of hydrogen-bond acceptors (Lipinski definition) is 27. The van der Waals surface area contributed by atoms with Crippen LogP contribution in [0.2, 0.25) is 0 Å². The number of aliphatic hydroxyl groups is 8. The first-order chi connectivity index (χ1) is 38.2. The molecule has 20 atom stereocenters. The summed E-state index contributed by atoms with van der Waals surface area (Å²) in [6.45, 7) is 14.6. The summed E-state index contributed by atoms with van der Waals surface area (Å²) in [6.07, 6.45) is -32.8. The molecule has 4 heterocycles. The van der Waals surface area contributed by atoms with Gasteiger partial charge in [0.15, 0.2) is 49.6 Å². The zero-order valence-electron chi connectivity index (χ0n) is 47.4. The Hall–Kier alpha value is -5.08. The predicted molar refractivity (Wildman–Crippen MR) is 274 cm³/mol. The minimum Gasteiger partial charge on any atom is -0.459 e.